The lowest BCUT2D eigenvalue weighted by Gasteiger charge is -2.23. The zero-order valence-corrected chi connectivity index (χ0v) is 14.3. The van der Waals surface area contributed by atoms with Crippen molar-refractivity contribution in [2.45, 2.75) is 31.6 Å². The summed E-state index contributed by atoms with van der Waals surface area (Å²) >= 11 is 0. The summed E-state index contributed by atoms with van der Waals surface area (Å²) < 4.78 is 33.2. The molecule has 1 aromatic rings. The number of rotatable bonds is 3. The lowest BCUT2D eigenvalue weighted by molar-refractivity contribution is 0.336. The Labute approximate surface area is 132 Å². The van der Waals surface area contributed by atoms with Crippen LogP contribution in [0.15, 0.2) is 17.0 Å². The summed E-state index contributed by atoms with van der Waals surface area (Å²) in [4.78, 5) is 0.301. The van der Waals surface area contributed by atoms with Crippen molar-refractivity contribution in [3.63, 3.8) is 0 Å². The van der Waals surface area contributed by atoms with Crippen LogP contribution in [0.25, 0.3) is 0 Å². The topological polar surface area (TPSA) is 58.6 Å². The Balaban J connectivity index is 1.97. The molecule has 2 fully saturated rings. The number of hydrogen-bond acceptors (Lipinski definition) is 4. The summed E-state index contributed by atoms with van der Waals surface area (Å²) in [6, 6.07) is 3.67. The molecule has 2 saturated heterocycles. The minimum atomic E-state index is -3.51. The highest BCUT2D eigenvalue weighted by molar-refractivity contribution is 7.89. The van der Waals surface area contributed by atoms with Gasteiger partial charge in [-0.25, -0.2) is 8.42 Å². The van der Waals surface area contributed by atoms with Crippen LogP contribution < -0.4 is 10.1 Å². The number of sulfonamides is 1. The molecule has 0 aliphatic carbocycles. The maximum absolute atomic E-state index is 13.1. The predicted octanol–water partition coefficient (Wildman–Crippen LogP) is 1.69. The van der Waals surface area contributed by atoms with E-state index >= 15 is 0 Å². The van der Waals surface area contributed by atoms with Crippen molar-refractivity contribution in [3.05, 3.63) is 23.3 Å². The molecule has 6 heteroatoms. The van der Waals surface area contributed by atoms with Crippen LogP contribution in [0.4, 0.5) is 0 Å². The third-order valence-electron chi connectivity index (χ3n) is 4.94. The van der Waals surface area contributed by atoms with Gasteiger partial charge in [0.1, 0.15) is 10.6 Å². The lowest BCUT2D eigenvalue weighted by Crippen LogP contribution is -2.33. The van der Waals surface area contributed by atoms with E-state index in [0.29, 0.717) is 23.7 Å². The normalized spacial score (nSPS) is 26.0. The van der Waals surface area contributed by atoms with E-state index in [-0.39, 0.29) is 5.41 Å². The molecule has 0 saturated carbocycles. The molecule has 0 amide bonds. The SMILES string of the molecule is COc1c(C)cc(C)cc1S(=O)(=O)N1CCC2(CCNC2)C1. The van der Waals surface area contributed by atoms with Crippen LogP contribution in [0.2, 0.25) is 0 Å². The molecule has 2 aliphatic rings. The van der Waals surface area contributed by atoms with Crippen LogP contribution in [-0.2, 0) is 10.0 Å². The first-order valence-electron chi connectivity index (χ1n) is 7.74. The highest BCUT2D eigenvalue weighted by atomic mass is 32.2. The van der Waals surface area contributed by atoms with E-state index in [0.717, 1.165) is 37.1 Å². The summed E-state index contributed by atoms with van der Waals surface area (Å²) in [7, 11) is -1.98. The van der Waals surface area contributed by atoms with E-state index in [2.05, 4.69) is 5.32 Å². The van der Waals surface area contributed by atoms with Gasteiger partial charge in [-0.15, -0.1) is 0 Å². The zero-order valence-electron chi connectivity index (χ0n) is 13.5. The second kappa shape index (κ2) is 5.51. The fourth-order valence-corrected chi connectivity index (χ4v) is 5.62. The molecule has 2 heterocycles. The van der Waals surface area contributed by atoms with Gasteiger partial charge in [0.15, 0.2) is 0 Å². The van der Waals surface area contributed by atoms with Gasteiger partial charge in [0, 0.05) is 19.6 Å². The fourth-order valence-electron chi connectivity index (χ4n) is 3.75. The van der Waals surface area contributed by atoms with Crippen LogP contribution in [0.1, 0.15) is 24.0 Å². The number of benzene rings is 1. The monoisotopic (exact) mass is 324 g/mol. The first-order chi connectivity index (χ1) is 10.4. The standard InChI is InChI=1S/C16H24N2O3S/c1-12-8-13(2)15(21-3)14(9-12)22(19,20)18-7-5-16(11-18)4-6-17-10-16/h8-9,17H,4-7,10-11H2,1-3H3. The Morgan fingerprint density at radius 2 is 2.05 bits per heavy atom. The van der Waals surface area contributed by atoms with Crippen LogP contribution in [-0.4, -0.2) is 46.0 Å². The first-order valence-corrected chi connectivity index (χ1v) is 9.18. The smallest absolute Gasteiger partial charge is 0.246 e. The largest absolute Gasteiger partial charge is 0.495 e. The fraction of sp³-hybridized carbons (Fsp3) is 0.625. The van der Waals surface area contributed by atoms with Gasteiger partial charge in [0.05, 0.1) is 7.11 Å². The molecular formula is C16H24N2O3S. The van der Waals surface area contributed by atoms with Gasteiger partial charge in [-0.2, -0.15) is 4.31 Å². The number of hydrogen-bond donors (Lipinski definition) is 1. The summed E-state index contributed by atoms with van der Waals surface area (Å²) in [5, 5.41) is 3.36. The number of aryl methyl sites for hydroxylation is 2. The predicted molar refractivity (Wildman–Crippen MR) is 85.8 cm³/mol. The van der Waals surface area contributed by atoms with Crippen molar-refractivity contribution in [2.75, 3.05) is 33.3 Å². The maximum Gasteiger partial charge on any atom is 0.246 e. The molecule has 2 aliphatic heterocycles. The molecule has 122 valence electrons. The first kappa shape index (κ1) is 15.8. The van der Waals surface area contributed by atoms with Crippen molar-refractivity contribution in [1.82, 2.24) is 9.62 Å². The molecule has 0 bridgehead atoms. The van der Waals surface area contributed by atoms with Crippen molar-refractivity contribution < 1.29 is 13.2 Å². The molecule has 1 spiro atoms. The van der Waals surface area contributed by atoms with E-state index in [1.165, 1.54) is 7.11 Å². The molecule has 0 aromatic heterocycles. The van der Waals surface area contributed by atoms with Crippen LogP contribution in [0, 0.1) is 19.3 Å². The lowest BCUT2D eigenvalue weighted by atomic mass is 9.87. The van der Waals surface area contributed by atoms with Gasteiger partial charge in [-0.3, -0.25) is 0 Å². The molecule has 5 nitrogen and oxygen atoms in total. The third kappa shape index (κ3) is 2.53. The Morgan fingerprint density at radius 3 is 2.68 bits per heavy atom. The summed E-state index contributed by atoms with van der Waals surface area (Å²) in [6.07, 6.45) is 2.00. The van der Waals surface area contributed by atoms with E-state index in [1.807, 2.05) is 19.9 Å². The van der Waals surface area contributed by atoms with Gasteiger partial charge >= 0.3 is 0 Å². The molecular weight excluding hydrogens is 300 g/mol. The second-order valence-electron chi connectivity index (χ2n) is 6.63. The van der Waals surface area contributed by atoms with E-state index < -0.39 is 10.0 Å². The number of nitrogens with one attached hydrogen (secondary N) is 1. The molecule has 1 atom stereocenters. The number of methoxy groups -OCH3 is 1. The van der Waals surface area contributed by atoms with Crippen LogP contribution in [0.5, 0.6) is 5.75 Å². The van der Waals surface area contributed by atoms with E-state index in [4.69, 9.17) is 4.74 Å². The summed E-state index contributed by atoms with van der Waals surface area (Å²) in [5.41, 5.74) is 1.92. The van der Waals surface area contributed by atoms with Gasteiger partial charge in [-0.1, -0.05) is 6.07 Å². The van der Waals surface area contributed by atoms with Crippen LogP contribution in [0.3, 0.4) is 0 Å². The van der Waals surface area contributed by atoms with Gasteiger partial charge in [0.2, 0.25) is 10.0 Å². The van der Waals surface area contributed by atoms with Gasteiger partial charge in [0.25, 0.3) is 0 Å². The molecule has 22 heavy (non-hydrogen) atoms. The highest BCUT2D eigenvalue weighted by Gasteiger charge is 2.45. The van der Waals surface area contributed by atoms with Crippen molar-refractivity contribution in [1.29, 1.82) is 0 Å². The number of ether oxygens (including phenoxy) is 1. The molecule has 1 N–H and O–H groups in total. The van der Waals surface area contributed by atoms with Crippen molar-refractivity contribution in [2.24, 2.45) is 5.41 Å². The average molecular weight is 324 g/mol. The zero-order chi connectivity index (χ0) is 16.0. The van der Waals surface area contributed by atoms with Gasteiger partial charge in [-0.05, 0) is 55.8 Å². The number of nitrogens with zero attached hydrogens (tertiary/aromatic N) is 1. The van der Waals surface area contributed by atoms with E-state index in [1.54, 1.807) is 10.4 Å². The highest BCUT2D eigenvalue weighted by Crippen LogP contribution is 2.40. The Morgan fingerprint density at radius 1 is 1.27 bits per heavy atom. The van der Waals surface area contributed by atoms with Crippen molar-refractivity contribution >= 4 is 10.0 Å². The maximum atomic E-state index is 13.1. The van der Waals surface area contributed by atoms with Crippen molar-refractivity contribution in [3.8, 4) is 5.75 Å². The Hall–Kier alpha value is -1.11. The Kier molecular flexibility index (Phi) is 3.95. The molecule has 1 unspecified atom stereocenters. The quantitative estimate of drug-likeness (QED) is 0.919. The molecule has 3 rings (SSSR count). The minimum Gasteiger partial charge on any atom is -0.495 e. The average Bonchev–Trinajstić information content (AvgIpc) is 3.09. The minimum absolute atomic E-state index is 0.124. The molecule has 1 aromatic carbocycles. The Bertz CT molecular complexity index is 679. The molecule has 0 radical (unpaired) electrons. The van der Waals surface area contributed by atoms with Crippen LogP contribution >= 0.6 is 0 Å². The third-order valence-corrected chi connectivity index (χ3v) is 6.79. The second-order valence-corrected chi connectivity index (χ2v) is 8.53. The van der Waals surface area contributed by atoms with Gasteiger partial charge < -0.3 is 10.1 Å². The summed E-state index contributed by atoms with van der Waals surface area (Å²) in [5.74, 6) is 0.469. The summed E-state index contributed by atoms with van der Waals surface area (Å²) in [6.45, 7) is 6.91. The van der Waals surface area contributed by atoms with E-state index in [9.17, 15) is 8.42 Å².